The second-order valence-corrected chi connectivity index (χ2v) is 3.87. The quantitative estimate of drug-likeness (QED) is 0.610. The van der Waals surface area contributed by atoms with Crippen LogP contribution in [0.3, 0.4) is 0 Å². The SMILES string of the molecule is CCC(CC)C1=NOC2C=CCC12. The predicted molar refractivity (Wildman–Crippen MR) is 53.6 cm³/mol. The van der Waals surface area contributed by atoms with Crippen LogP contribution in [0.15, 0.2) is 17.3 Å². The largest absolute Gasteiger partial charge is 0.388 e. The number of oxime groups is 1. The molecule has 2 heteroatoms. The maximum Gasteiger partial charge on any atom is 0.154 e. The van der Waals surface area contributed by atoms with Crippen molar-refractivity contribution in [3.63, 3.8) is 0 Å². The van der Waals surface area contributed by atoms with Gasteiger partial charge in [0.2, 0.25) is 0 Å². The number of rotatable bonds is 3. The van der Waals surface area contributed by atoms with Crippen molar-refractivity contribution < 1.29 is 4.84 Å². The van der Waals surface area contributed by atoms with E-state index >= 15 is 0 Å². The summed E-state index contributed by atoms with van der Waals surface area (Å²) >= 11 is 0. The van der Waals surface area contributed by atoms with Gasteiger partial charge in [-0.15, -0.1) is 0 Å². The third-order valence-electron chi connectivity index (χ3n) is 3.18. The van der Waals surface area contributed by atoms with Gasteiger partial charge in [-0.3, -0.25) is 0 Å². The second-order valence-electron chi connectivity index (χ2n) is 3.87. The predicted octanol–water partition coefficient (Wildman–Crippen LogP) is 2.75. The topological polar surface area (TPSA) is 21.6 Å². The minimum Gasteiger partial charge on any atom is -0.388 e. The van der Waals surface area contributed by atoms with E-state index in [9.17, 15) is 0 Å². The fourth-order valence-electron chi connectivity index (χ4n) is 2.30. The highest BCUT2D eigenvalue weighted by molar-refractivity contribution is 5.90. The van der Waals surface area contributed by atoms with E-state index in [0.717, 1.165) is 6.42 Å². The fourth-order valence-corrected chi connectivity index (χ4v) is 2.30. The zero-order valence-electron chi connectivity index (χ0n) is 8.36. The first kappa shape index (κ1) is 8.79. The van der Waals surface area contributed by atoms with Crippen molar-refractivity contribution in [2.45, 2.75) is 39.2 Å². The van der Waals surface area contributed by atoms with Crippen molar-refractivity contribution in [3.05, 3.63) is 12.2 Å². The Bertz CT molecular complexity index is 240. The molecule has 0 aromatic heterocycles. The molecule has 0 amide bonds. The molecule has 0 bridgehead atoms. The van der Waals surface area contributed by atoms with E-state index < -0.39 is 0 Å². The minimum absolute atomic E-state index is 0.260. The van der Waals surface area contributed by atoms with Crippen LogP contribution in [-0.2, 0) is 4.84 Å². The lowest BCUT2D eigenvalue weighted by Crippen LogP contribution is -2.23. The lowest BCUT2D eigenvalue weighted by molar-refractivity contribution is 0.104. The summed E-state index contributed by atoms with van der Waals surface area (Å²) in [6, 6.07) is 0. The van der Waals surface area contributed by atoms with E-state index in [1.54, 1.807) is 0 Å². The highest BCUT2D eigenvalue weighted by atomic mass is 16.6. The van der Waals surface area contributed by atoms with E-state index in [-0.39, 0.29) is 6.10 Å². The van der Waals surface area contributed by atoms with Crippen LogP contribution in [0.1, 0.15) is 33.1 Å². The zero-order valence-corrected chi connectivity index (χ0v) is 8.36. The first-order valence-corrected chi connectivity index (χ1v) is 5.27. The normalized spacial score (nSPS) is 30.5. The van der Waals surface area contributed by atoms with Gasteiger partial charge in [-0.2, -0.15) is 0 Å². The fraction of sp³-hybridized carbons (Fsp3) is 0.727. The van der Waals surface area contributed by atoms with Crippen molar-refractivity contribution >= 4 is 5.71 Å². The van der Waals surface area contributed by atoms with Crippen LogP contribution in [0.2, 0.25) is 0 Å². The molecule has 1 aliphatic heterocycles. The summed E-state index contributed by atoms with van der Waals surface area (Å²) in [4.78, 5) is 5.38. The molecular formula is C11H17NO. The molecule has 0 aromatic rings. The van der Waals surface area contributed by atoms with Gasteiger partial charge >= 0.3 is 0 Å². The number of hydrogen-bond acceptors (Lipinski definition) is 2. The number of nitrogens with zero attached hydrogens (tertiary/aromatic N) is 1. The van der Waals surface area contributed by atoms with E-state index in [1.165, 1.54) is 18.6 Å². The maximum atomic E-state index is 5.38. The van der Waals surface area contributed by atoms with Gasteiger partial charge in [0.25, 0.3) is 0 Å². The average molecular weight is 179 g/mol. The molecule has 1 heterocycles. The van der Waals surface area contributed by atoms with Gasteiger partial charge in [0.05, 0.1) is 5.71 Å². The molecule has 0 fully saturated rings. The number of allylic oxidation sites excluding steroid dienone is 1. The lowest BCUT2D eigenvalue weighted by atomic mass is 9.86. The Morgan fingerprint density at radius 2 is 2.31 bits per heavy atom. The monoisotopic (exact) mass is 179 g/mol. The van der Waals surface area contributed by atoms with Crippen LogP contribution < -0.4 is 0 Å². The minimum atomic E-state index is 0.260. The third kappa shape index (κ3) is 1.38. The molecule has 0 saturated carbocycles. The van der Waals surface area contributed by atoms with Gasteiger partial charge in [-0.25, -0.2) is 0 Å². The van der Waals surface area contributed by atoms with Crippen molar-refractivity contribution in [1.29, 1.82) is 0 Å². The van der Waals surface area contributed by atoms with E-state index in [1.807, 2.05) is 0 Å². The van der Waals surface area contributed by atoms with E-state index in [2.05, 4.69) is 31.2 Å². The van der Waals surface area contributed by atoms with Crippen LogP contribution >= 0.6 is 0 Å². The Labute approximate surface area is 79.7 Å². The lowest BCUT2D eigenvalue weighted by Gasteiger charge is -2.16. The van der Waals surface area contributed by atoms with Gasteiger partial charge in [0.15, 0.2) is 6.10 Å². The average Bonchev–Trinajstić information content (AvgIpc) is 2.70. The Kier molecular flexibility index (Phi) is 2.38. The highest BCUT2D eigenvalue weighted by Gasteiger charge is 2.37. The number of fused-ring (bicyclic) bond motifs is 1. The second kappa shape index (κ2) is 3.52. The first-order valence-electron chi connectivity index (χ1n) is 5.27. The molecule has 2 aliphatic rings. The Balaban J connectivity index is 2.08. The van der Waals surface area contributed by atoms with Gasteiger partial charge in [0.1, 0.15) is 0 Å². The smallest absolute Gasteiger partial charge is 0.154 e. The summed E-state index contributed by atoms with van der Waals surface area (Å²) in [5, 5.41) is 4.23. The molecule has 0 N–H and O–H groups in total. The van der Waals surface area contributed by atoms with Gasteiger partial charge in [-0.1, -0.05) is 25.1 Å². The van der Waals surface area contributed by atoms with Gasteiger partial charge < -0.3 is 4.84 Å². The van der Waals surface area contributed by atoms with E-state index in [4.69, 9.17) is 4.84 Å². The maximum absolute atomic E-state index is 5.38. The summed E-state index contributed by atoms with van der Waals surface area (Å²) in [5.74, 6) is 1.19. The molecule has 2 unspecified atom stereocenters. The molecule has 2 rings (SSSR count). The molecule has 0 saturated heterocycles. The summed E-state index contributed by atoms with van der Waals surface area (Å²) in [5.41, 5.74) is 1.31. The van der Waals surface area contributed by atoms with Gasteiger partial charge in [-0.05, 0) is 25.3 Å². The summed E-state index contributed by atoms with van der Waals surface area (Å²) in [6.07, 6.45) is 8.11. The standard InChI is InChI=1S/C11H17NO/c1-3-8(4-2)11-9-6-5-7-10(9)13-12-11/h5,7-10H,3-4,6H2,1-2H3. The zero-order chi connectivity index (χ0) is 9.26. The summed E-state index contributed by atoms with van der Waals surface area (Å²) in [6.45, 7) is 4.46. The molecule has 0 aromatic carbocycles. The van der Waals surface area contributed by atoms with Crippen LogP contribution in [-0.4, -0.2) is 11.8 Å². The molecule has 0 radical (unpaired) electrons. The highest BCUT2D eigenvalue weighted by Crippen LogP contribution is 2.33. The van der Waals surface area contributed by atoms with Crippen LogP contribution in [0, 0.1) is 11.8 Å². The van der Waals surface area contributed by atoms with Gasteiger partial charge in [0, 0.05) is 11.8 Å². The van der Waals surface area contributed by atoms with Crippen LogP contribution in [0.5, 0.6) is 0 Å². The molecule has 13 heavy (non-hydrogen) atoms. The molecule has 0 spiro atoms. The summed E-state index contributed by atoms with van der Waals surface area (Å²) < 4.78 is 0. The Morgan fingerprint density at radius 1 is 1.54 bits per heavy atom. The Hall–Kier alpha value is -0.790. The molecular weight excluding hydrogens is 162 g/mol. The molecule has 2 nitrogen and oxygen atoms in total. The Morgan fingerprint density at radius 3 is 3.00 bits per heavy atom. The van der Waals surface area contributed by atoms with Crippen molar-refractivity contribution in [3.8, 4) is 0 Å². The third-order valence-corrected chi connectivity index (χ3v) is 3.18. The van der Waals surface area contributed by atoms with Crippen molar-refractivity contribution in [2.75, 3.05) is 0 Å². The van der Waals surface area contributed by atoms with Crippen LogP contribution in [0.25, 0.3) is 0 Å². The number of hydrogen-bond donors (Lipinski definition) is 0. The van der Waals surface area contributed by atoms with Crippen molar-refractivity contribution in [2.24, 2.45) is 17.0 Å². The van der Waals surface area contributed by atoms with Crippen molar-refractivity contribution in [1.82, 2.24) is 0 Å². The molecule has 1 aliphatic carbocycles. The molecule has 2 atom stereocenters. The first-order chi connectivity index (χ1) is 6.36. The van der Waals surface area contributed by atoms with E-state index in [0.29, 0.717) is 11.8 Å². The summed E-state index contributed by atoms with van der Waals surface area (Å²) in [7, 11) is 0. The van der Waals surface area contributed by atoms with Crippen LogP contribution in [0.4, 0.5) is 0 Å². The molecule has 72 valence electrons.